The molecule has 0 bridgehead atoms. The maximum atomic E-state index is 11.1. The highest BCUT2D eigenvalue weighted by molar-refractivity contribution is 5.92. The van der Waals surface area contributed by atoms with Gasteiger partial charge in [0.1, 0.15) is 17.9 Å². The second-order valence-electron chi connectivity index (χ2n) is 5.03. The number of carbonyl (C=O) groups is 3. The smallest absolute Gasteiger partial charge is 0.321 e. The van der Waals surface area contributed by atoms with Crippen molar-refractivity contribution in [2.75, 3.05) is 6.54 Å². The molecule has 0 aliphatic carbocycles. The van der Waals surface area contributed by atoms with E-state index in [1.165, 1.54) is 24.3 Å². The summed E-state index contributed by atoms with van der Waals surface area (Å²) in [5, 5.41) is 20.8. The number of nitrogens with one attached hydrogen (secondary N) is 1. The molecule has 0 spiro atoms. The zero-order chi connectivity index (χ0) is 16.3. The first-order valence-electron chi connectivity index (χ1n) is 6.63. The lowest BCUT2D eigenvalue weighted by atomic mass is 9.94. The van der Waals surface area contributed by atoms with Crippen LogP contribution in [0.15, 0.2) is 24.3 Å². The number of benzene rings is 1. The van der Waals surface area contributed by atoms with E-state index >= 15 is 0 Å². The number of carbonyl (C=O) groups excluding carboxylic acids is 1. The summed E-state index contributed by atoms with van der Waals surface area (Å²) in [7, 11) is 0. The molecule has 0 unspecified atom stereocenters. The lowest BCUT2D eigenvalue weighted by Crippen LogP contribution is -2.38. The fourth-order valence-electron chi connectivity index (χ4n) is 2.48. The van der Waals surface area contributed by atoms with Gasteiger partial charge in [0.05, 0.1) is 6.42 Å². The molecular formula is C14H16N2O6. The third-order valence-electron chi connectivity index (χ3n) is 3.55. The molecule has 2 rings (SSSR count). The van der Waals surface area contributed by atoms with Gasteiger partial charge in [0.25, 0.3) is 0 Å². The number of aliphatic carboxylic acids is 2. The van der Waals surface area contributed by atoms with E-state index in [0.717, 1.165) is 0 Å². The molecule has 3 atom stereocenters. The quantitative estimate of drug-likeness (QED) is 0.564. The molecule has 1 fully saturated rings. The standard InChI is InChI=1S/C14H16N2O6/c15-13(19)7-1-3-8(4-2-7)22-10-6-16-12(14(20)21)9(10)5-11(17)18/h1-4,9-10,12,16H,5-6H2,(H2,15,19)(H,17,18)(H,20,21)/t9-,10+,12-/m0/s1. The second-order valence-corrected chi connectivity index (χ2v) is 5.03. The Morgan fingerprint density at radius 1 is 1.23 bits per heavy atom. The average molecular weight is 308 g/mol. The highest BCUT2D eigenvalue weighted by atomic mass is 16.5. The summed E-state index contributed by atoms with van der Waals surface area (Å²) in [5.41, 5.74) is 5.46. The van der Waals surface area contributed by atoms with Crippen molar-refractivity contribution in [2.45, 2.75) is 18.6 Å². The molecule has 118 valence electrons. The highest BCUT2D eigenvalue weighted by Gasteiger charge is 2.42. The summed E-state index contributed by atoms with van der Waals surface area (Å²) >= 11 is 0. The number of primary amides is 1. The molecule has 0 aromatic heterocycles. The number of hydrogen-bond acceptors (Lipinski definition) is 5. The van der Waals surface area contributed by atoms with Gasteiger partial charge in [-0.3, -0.25) is 14.4 Å². The average Bonchev–Trinajstić information content (AvgIpc) is 2.82. The minimum absolute atomic E-state index is 0.229. The van der Waals surface area contributed by atoms with Crippen molar-refractivity contribution in [1.29, 1.82) is 0 Å². The number of ether oxygens (including phenoxy) is 1. The van der Waals surface area contributed by atoms with Crippen LogP contribution in [0.1, 0.15) is 16.8 Å². The molecule has 1 heterocycles. The van der Waals surface area contributed by atoms with E-state index in [1.54, 1.807) is 0 Å². The van der Waals surface area contributed by atoms with Gasteiger partial charge in [0.15, 0.2) is 0 Å². The number of nitrogens with two attached hydrogens (primary N) is 1. The number of carboxylic acids is 2. The highest BCUT2D eigenvalue weighted by Crippen LogP contribution is 2.25. The van der Waals surface area contributed by atoms with Crippen molar-refractivity contribution >= 4 is 17.8 Å². The second kappa shape index (κ2) is 6.44. The summed E-state index contributed by atoms with van der Waals surface area (Å²) in [6, 6.07) is 5.07. The fourth-order valence-corrected chi connectivity index (χ4v) is 2.48. The van der Waals surface area contributed by atoms with Crippen LogP contribution in [0.2, 0.25) is 0 Å². The normalized spacial score (nSPS) is 23.9. The number of amides is 1. The van der Waals surface area contributed by atoms with E-state index in [4.69, 9.17) is 20.7 Å². The predicted octanol–water partition coefficient (Wildman–Crippen LogP) is -0.320. The lowest BCUT2D eigenvalue weighted by molar-refractivity contribution is -0.142. The SMILES string of the molecule is NC(=O)c1ccc(O[C@@H]2CN[C@H](C(=O)O)[C@H]2CC(=O)O)cc1. The van der Waals surface area contributed by atoms with E-state index in [0.29, 0.717) is 11.3 Å². The molecule has 1 aliphatic rings. The van der Waals surface area contributed by atoms with Crippen molar-refractivity contribution in [3.05, 3.63) is 29.8 Å². The van der Waals surface area contributed by atoms with Crippen LogP contribution in [-0.2, 0) is 9.59 Å². The predicted molar refractivity (Wildman–Crippen MR) is 74.5 cm³/mol. The van der Waals surface area contributed by atoms with Crippen molar-refractivity contribution in [3.63, 3.8) is 0 Å². The Morgan fingerprint density at radius 3 is 2.36 bits per heavy atom. The molecule has 1 aliphatic heterocycles. The van der Waals surface area contributed by atoms with E-state index in [2.05, 4.69) is 5.32 Å². The van der Waals surface area contributed by atoms with Crippen LogP contribution in [0.25, 0.3) is 0 Å². The molecule has 1 amide bonds. The molecule has 0 radical (unpaired) electrons. The minimum Gasteiger partial charge on any atom is -0.489 e. The molecular weight excluding hydrogens is 292 g/mol. The summed E-state index contributed by atoms with van der Waals surface area (Å²) in [4.78, 5) is 33.1. The van der Waals surface area contributed by atoms with E-state index in [9.17, 15) is 14.4 Å². The van der Waals surface area contributed by atoms with Gasteiger partial charge in [-0.15, -0.1) is 0 Å². The van der Waals surface area contributed by atoms with Crippen molar-refractivity contribution in [1.82, 2.24) is 5.32 Å². The first-order valence-corrected chi connectivity index (χ1v) is 6.63. The summed E-state index contributed by atoms with van der Waals surface area (Å²) in [6.45, 7) is 0.229. The molecule has 1 aromatic carbocycles. The first-order chi connectivity index (χ1) is 10.4. The van der Waals surface area contributed by atoms with Crippen LogP contribution in [0.4, 0.5) is 0 Å². The Hall–Kier alpha value is -2.61. The Labute approximate surface area is 125 Å². The molecule has 5 N–H and O–H groups in total. The van der Waals surface area contributed by atoms with Crippen LogP contribution in [0.5, 0.6) is 5.75 Å². The molecule has 8 nitrogen and oxygen atoms in total. The Balaban J connectivity index is 2.11. The summed E-state index contributed by atoms with van der Waals surface area (Å²) < 4.78 is 5.66. The van der Waals surface area contributed by atoms with Gasteiger partial charge in [-0.05, 0) is 24.3 Å². The Bertz CT molecular complexity index is 586. The van der Waals surface area contributed by atoms with Gasteiger partial charge in [0.2, 0.25) is 5.91 Å². The van der Waals surface area contributed by atoms with Crippen molar-refractivity contribution < 1.29 is 29.3 Å². The van der Waals surface area contributed by atoms with Crippen LogP contribution in [-0.4, -0.2) is 46.7 Å². The topological polar surface area (TPSA) is 139 Å². The minimum atomic E-state index is -1.11. The van der Waals surface area contributed by atoms with Gasteiger partial charge in [0, 0.05) is 18.0 Å². The van der Waals surface area contributed by atoms with Crippen molar-refractivity contribution in [3.8, 4) is 5.75 Å². The molecule has 0 saturated carbocycles. The van der Waals surface area contributed by atoms with Gasteiger partial charge in [-0.2, -0.15) is 0 Å². The number of hydrogen-bond donors (Lipinski definition) is 4. The van der Waals surface area contributed by atoms with Gasteiger partial charge in [-0.1, -0.05) is 0 Å². The molecule has 1 aromatic rings. The van der Waals surface area contributed by atoms with Crippen molar-refractivity contribution in [2.24, 2.45) is 11.7 Å². The molecule has 22 heavy (non-hydrogen) atoms. The fraction of sp³-hybridized carbons (Fsp3) is 0.357. The Morgan fingerprint density at radius 2 is 1.86 bits per heavy atom. The monoisotopic (exact) mass is 308 g/mol. The summed E-state index contributed by atoms with van der Waals surface area (Å²) in [6.07, 6.45) is -0.898. The van der Waals surface area contributed by atoms with Gasteiger partial charge >= 0.3 is 11.9 Å². The Kier molecular flexibility index (Phi) is 4.62. The maximum absolute atomic E-state index is 11.1. The maximum Gasteiger partial charge on any atom is 0.321 e. The van der Waals surface area contributed by atoms with E-state index in [-0.39, 0.29) is 13.0 Å². The van der Waals surface area contributed by atoms with E-state index < -0.39 is 35.9 Å². The van der Waals surface area contributed by atoms with E-state index in [1.807, 2.05) is 0 Å². The number of carboxylic acid groups (broad SMARTS) is 2. The van der Waals surface area contributed by atoms with Gasteiger partial charge < -0.3 is 26.0 Å². The van der Waals surface area contributed by atoms with Crippen LogP contribution >= 0.6 is 0 Å². The van der Waals surface area contributed by atoms with Crippen LogP contribution in [0.3, 0.4) is 0 Å². The largest absolute Gasteiger partial charge is 0.489 e. The zero-order valence-electron chi connectivity index (χ0n) is 11.6. The zero-order valence-corrected chi connectivity index (χ0v) is 11.6. The third kappa shape index (κ3) is 3.53. The molecule has 8 heteroatoms. The lowest BCUT2D eigenvalue weighted by Gasteiger charge is -2.21. The van der Waals surface area contributed by atoms with Crippen LogP contribution < -0.4 is 15.8 Å². The summed E-state index contributed by atoms with van der Waals surface area (Å²) in [5.74, 6) is -3.04. The first kappa shape index (κ1) is 15.8. The van der Waals surface area contributed by atoms with Crippen LogP contribution in [0, 0.1) is 5.92 Å². The third-order valence-corrected chi connectivity index (χ3v) is 3.55. The molecule has 1 saturated heterocycles. The van der Waals surface area contributed by atoms with Gasteiger partial charge in [-0.25, -0.2) is 0 Å². The number of rotatable bonds is 6.